The molecule has 7 nitrogen and oxygen atoms in total. The molecule has 1 saturated carbocycles. The Morgan fingerprint density at radius 1 is 1.05 bits per heavy atom. The molecule has 214 valence electrons. The van der Waals surface area contributed by atoms with Crippen LogP contribution in [0.5, 0.6) is 0 Å². The zero-order valence-electron chi connectivity index (χ0n) is 23.2. The monoisotopic (exact) mass is 595 g/mol. The zero-order chi connectivity index (χ0) is 28.7. The van der Waals surface area contributed by atoms with Gasteiger partial charge in [-0.15, -0.1) is 0 Å². The van der Waals surface area contributed by atoms with Crippen molar-refractivity contribution < 1.29 is 18.0 Å². The van der Waals surface area contributed by atoms with E-state index in [0.717, 1.165) is 42.4 Å². The first-order valence-electron chi connectivity index (χ1n) is 13.5. The van der Waals surface area contributed by atoms with E-state index in [-0.39, 0.29) is 37.4 Å². The molecule has 0 aliphatic heterocycles. The van der Waals surface area contributed by atoms with Crippen LogP contribution in [0.4, 0.5) is 5.69 Å². The van der Waals surface area contributed by atoms with Crippen molar-refractivity contribution in [3.05, 3.63) is 63.1 Å². The Morgan fingerprint density at radius 2 is 1.74 bits per heavy atom. The number of carbonyl (C=O) groups excluding carboxylic acids is 2. The minimum absolute atomic E-state index is 0.0826. The van der Waals surface area contributed by atoms with Crippen molar-refractivity contribution in [1.82, 2.24) is 10.2 Å². The molecule has 0 spiro atoms. The van der Waals surface area contributed by atoms with Gasteiger partial charge in [-0.05, 0) is 74.9 Å². The second-order valence-corrected chi connectivity index (χ2v) is 13.2. The minimum Gasteiger partial charge on any atom is -0.352 e. The van der Waals surface area contributed by atoms with Gasteiger partial charge in [-0.25, -0.2) is 8.42 Å². The summed E-state index contributed by atoms with van der Waals surface area (Å²) in [6, 6.07) is 10.1. The summed E-state index contributed by atoms with van der Waals surface area (Å²) in [6.45, 7) is 5.88. The predicted molar refractivity (Wildman–Crippen MR) is 159 cm³/mol. The molecule has 1 N–H and O–H groups in total. The first kappa shape index (κ1) is 31.2. The maximum Gasteiger partial charge on any atom is 0.242 e. The average Bonchev–Trinajstić information content (AvgIpc) is 2.88. The molecule has 0 heterocycles. The Balaban J connectivity index is 1.76. The van der Waals surface area contributed by atoms with Gasteiger partial charge in [-0.2, -0.15) is 0 Å². The molecule has 0 unspecified atom stereocenters. The molecule has 0 bridgehead atoms. The fourth-order valence-corrected chi connectivity index (χ4v) is 6.31. The Morgan fingerprint density at radius 3 is 2.38 bits per heavy atom. The lowest BCUT2D eigenvalue weighted by atomic mass is 9.95. The van der Waals surface area contributed by atoms with Crippen LogP contribution in [0.3, 0.4) is 0 Å². The van der Waals surface area contributed by atoms with Crippen molar-refractivity contribution in [2.45, 2.75) is 84.3 Å². The summed E-state index contributed by atoms with van der Waals surface area (Å²) >= 11 is 12.3. The summed E-state index contributed by atoms with van der Waals surface area (Å²) in [5.74, 6) is -0.426. The number of aryl methyl sites for hydroxylation is 1. The summed E-state index contributed by atoms with van der Waals surface area (Å²) in [4.78, 5) is 28.3. The molecule has 1 fully saturated rings. The molecule has 10 heteroatoms. The molecule has 1 aliphatic carbocycles. The van der Waals surface area contributed by atoms with Gasteiger partial charge in [0.25, 0.3) is 0 Å². The second-order valence-electron chi connectivity index (χ2n) is 10.4. The number of amides is 2. The van der Waals surface area contributed by atoms with E-state index in [4.69, 9.17) is 23.2 Å². The number of nitrogens with one attached hydrogen (secondary N) is 1. The number of anilines is 1. The molecular formula is C29H39Cl2N3O4S. The van der Waals surface area contributed by atoms with Crippen molar-refractivity contribution in [1.29, 1.82) is 0 Å². The molecule has 0 radical (unpaired) electrons. The van der Waals surface area contributed by atoms with Crippen LogP contribution in [-0.2, 0) is 26.2 Å². The van der Waals surface area contributed by atoms with Crippen LogP contribution in [0.1, 0.15) is 68.6 Å². The zero-order valence-corrected chi connectivity index (χ0v) is 25.5. The lowest BCUT2D eigenvalue weighted by molar-refractivity contribution is -0.141. The molecule has 2 aromatic carbocycles. The molecular weight excluding hydrogens is 557 g/mol. The SMILES string of the molecule is Cc1cccc(N(CCCC(=O)N(Cc2ccc(Cl)c(Cl)c2)[C@H](C)C(=O)NC2CCCCC2)S(C)(=O)=O)c1C. The van der Waals surface area contributed by atoms with Crippen LogP contribution in [0.25, 0.3) is 0 Å². The minimum atomic E-state index is -3.56. The smallest absolute Gasteiger partial charge is 0.242 e. The lowest BCUT2D eigenvalue weighted by Gasteiger charge is -2.31. The van der Waals surface area contributed by atoms with Gasteiger partial charge in [0.2, 0.25) is 21.8 Å². The third-order valence-corrected chi connectivity index (χ3v) is 9.37. The summed E-state index contributed by atoms with van der Waals surface area (Å²) in [6.07, 6.45) is 6.79. The number of rotatable bonds is 11. The third-order valence-electron chi connectivity index (χ3n) is 7.45. The van der Waals surface area contributed by atoms with E-state index in [1.807, 2.05) is 26.0 Å². The number of carbonyl (C=O) groups is 2. The van der Waals surface area contributed by atoms with Crippen molar-refractivity contribution in [3.8, 4) is 0 Å². The quantitative estimate of drug-likeness (QED) is 0.344. The summed E-state index contributed by atoms with van der Waals surface area (Å²) < 4.78 is 26.6. The number of sulfonamides is 1. The van der Waals surface area contributed by atoms with Crippen molar-refractivity contribution in [2.24, 2.45) is 0 Å². The van der Waals surface area contributed by atoms with E-state index in [1.165, 1.54) is 17.0 Å². The van der Waals surface area contributed by atoms with E-state index in [2.05, 4.69) is 5.32 Å². The first-order valence-corrected chi connectivity index (χ1v) is 16.1. The van der Waals surface area contributed by atoms with Crippen LogP contribution < -0.4 is 9.62 Å². The lowest BCUT2D eigenvalue weighted by Crippen LogP contribution is -2.50. The van der Waals surface area contributed by atoms with Crippen LogP contribution in [-0.4, -0.2) is 50.0 Å². The molecule has 0 saturated heterocycles. The number of benzene rings is 2. The predicted octanol–water partition coefficient (Wildman–Crippen LogP) is 6.02. The largest absolute Gasteiger partial charge is 0.352 e. The van der Waals surface area contributed by atoms with E-state index in [0.29, 0.717) is 22.2 Å². The fourth-order valence-electron chi connectivity index (χ4n) is 4.97. The third kappa shape index (κ3) is 8.60. The molecule has 2 amide bonds. The number of nitrogens with zero attached hydrogens (tertiary/aromatic N) is 2. The molecule has 3 rings (SSSR count). The second kappa shape index (κ2) is 13.9. The highest BCUT2D eigenvalue weighted by Gasteiger charge is 2.29. The van der Waals surface area contributed by atoms with Gasteiger partial charge in [0.15, 0.2) is 0 Å². The summed E-state index contributed by atoms with van der Waals surface area (Å²) in [5, 5.41) is 3.90. The van der Waals surface area contributed by atoms with Gasteiger partial charge in [0.1, 0.15) is 6.04 Å². The van der Waals surface area contributed by atoms with E-state index in [1.54, 1.807) is 36.1 Å². The Kier molecular flexibility index (Phi) is 11.1. The van der Waals surface area contributed by atoms with E-state index >= 15 is 0 Å². The van der Waals surface area contributed by atoms with Gasteiger partial charge in [-0.1, -0.05) is 60.7 Å². The molecule has 1 atom stereocenters. The maximum absolute atomic E-state index is 13.5. The number of halogens is 2. The van der Waals surface area contributed by atoms with Gasteiger partial charge in [-0.3, -0.25) is 13.9 Å². The van der Waals surface area contributed by atoms with Gasteiger partial charge < -0.3 is 10.2 Å². The Hall–Kier alpha value is -2.29. The summed E-state index contributed by atoms with van der Waals surface area (Å²) in [5.41, 5.74) is 3.23. The maximum atomic E-state index is 13.5. The number of hydrogen-bond donors (Lipinski definition) is 1. The number of hydrogen-bond acceptors (Lipinski definition) is 4. The van der Waals surface area contributed by atoms with E-state index in [9.17, 15) is 18.0 Å². The Labute approximate surface area is 242 Å². The van der Waals surface area contributed by atoms with Crippen LogP contribution >= 0.6 is 23.2 Å². The molecule has 2 aromatic rings. The molecule has 0 aromatic heterocycles. The topological polar surface area (TPSA) is 86.8 Å². The highest BCUT2D eigenvalue weighted by molar-refractivity contribution is 7.92. The Bertz CT molecular complexity index is 1280. The average molecular weight is 597 g/mol. The fraction of sp³-hybridized carbons (Fsp3) is 0.517. The standard InChI is InChI=1S/C29H39Cl2N3O4S/c1-20-10-8-13-27(21(20)2)34(39(4,37)38)17-9-14-28(35)33(19-23-15-16-25(30)26(31)18-23)22(3)29(36)32-24-11-6-5-7-12-24/h8,10,13,15-16,18,22,24H,5-7,9,11-12,14,17,19H2,1-4H3,(H,32,36)/t22-/m1/s1. The van der Waals surface area contributed by atoms with E-state index < -0.39 is 16.1 Å². The normalized spacial score (nSPS) is 15.0. The van der Waals surface area contributed by atoms with Crippen LogP contribution in [0, 0.1) is 13.8 Å². The van der Waals surface area contributed by atoms with Gasteiger partial charge in [0, 0.05) is 25.6 Å². The summed E-state index contributed by atoms with van der Waals surface area (Å²) in [7, 11) is -3.56. The van der Waals surface area contributed by atoms with Crippen LogP contribution in [0.15, 0.2) is 36.4 Å². The van der Waals surface area contributed by atoms with Gasteiger partial charge in [0.05, 0.1) is 22.0 Å². The van der Waals surface area contributed by atoms with Crippen LogP contribution in [0.2, 0.25) is 10.0 Å². The van der Waals surface area contributed by atoms with Crippen molar-refractivity contribution in [2.75, 3.05) is 17.1 Å². The molecule has 39 heavy (non-hydrogen) atoms. The highest BCUT2D eigenvalue weighted by atomic mass is 35.5. The first-order chi connectivity index (χ1) is 18.4. The molecule has 1 aliphatic rings. The van der Waals surface area contributed by atoms with Crippen molar-refractivity contribution in [3.63, 3.8) is 0 Å². The van der Waals surface area contributed by atoms with Crippen molar-refractivity contribution >= 4 is 50.7 Å². The van der Waals surface area contributed by atoms with Gasteiger partial charge >= 0.3 is 0 Å². The highest BCUT2D eigenvalue weighted by Crippen LogP contribution is 2.27.